The molecule has 1 aromatic carbocycles. The van der Waals surface area contributed by atoms with E-state index in [0.717, 1.165) is 5.56 Å². The monoisotopic (exact) mass is 303 g/mol. The number of nitrogens with zero attached hydrogens (tertiary/aromatic N) is 2. The highest BCUT2D eigenvalue weighted by molar-refractivity contribution is 5.87. The fourth-order valence-corrected chi connectivity index (χ4v) is 2.93. The molecule has 1 unspecified atom stereocenters. The van der Waals surface area contributed by atoms with E-state index >= 15 is 0 Å². The molecule has 0 spiro atoms. The molecule has 0 aromatic heterocycles. The van der Waals surface area contributed by atoms with Crippen LogP contribution in [0.2, 0.25) is 0 Å². The standard InChI is InChI=1S/C17H25N3O2/c1-17(18,14-7-5-4-6-8-14)16(22)20-11-9-13(10-12-20)15(21)19(2)3/h4-8,13H,9-12,18H2,1-3H3. The quantitative estimate of drug-likeness (QED) is 0.912. The molecule has 5 nitrogen and oxygen atoms in total. The van der Waals surface area contributed by atoms with Gasteiger partial charge >= 0.3 is 0 Å². The lowest BCUT2D eigenvalue weighted by molar-refractivity contribution is -0.142. The number of nitrogens with two attached hydrogens (primary N) is 1. The average molecular weight is 303 g/mol. The number of carbonyl (C=O) groups is 2. The molecule has 0 radical (unpaired) electrons. The Hall–Kier alpha value is -1.88. The maximum atomic E-state index is 12.7. The topological polar surface area (TPSA) is 66.6 Å². The lowest BCUT2D eigenvalue weighted by Crippen LogP contribution is -2.53. The van der Waals surface area contributed by atoms with Gasteiger partial charge in [-0.05, 0) is 25.3 Å². The van der Waals surface area contributed by atoms with Crippen LogP contribution < -0.4 is 5.73 Å². The van der Waals surface area contributed by atoms with Crippen LogP contribution >= 0.6 is 0 Å². The van der Waals surface area contributed by atoms with Gasteiger partial charge in [0.25, 0.3) is 0 Å². The van der Waals surface area contributed by atoms with Gasteiger partial charge in [0.1, 0.15) is 5.54 Å². The van der Waals surface area contributed by atoms with Crippen molar-refractivity contribution in [2.45, 2.75) is 25.3 Å². The Balaban J connectivity index is 2.02. The highest BCUT2D eigenvalue weighted by Crippen LogP contribution is 2.25. The van der Waals surface area contributed by atoms with Gasteiger partial charge in [-0.3, -0.25) is 9.59 Å². The molecule has 1 aliphatic heterocycles. The Morgan fingerprint density at radius 3 is 2.23 bits per heavy atom. The first-order valence-electron chi connectivity index (χ1n) is 7.69. The molecule has 22 heavy (non-hydrogen) atoms. The van der Waals surface area contributed by atoms with Crippen LogP contribution in [-0.2, 0) is 15.1 Å². The molecule has 1 heterocycles. The van der Waals surface area contributed by atoms with Gasteiger partial charge in [0.15, 0.2) is 0 Å². The minimum Gasteiger partial charge on any atom is -0.349 e. The zero-order valence-electron chi connectivity index (χ0n) is 13.6. The number of benzene rings is 1. The Morgan fingerprint density at radius 2 is 1.73 bits per heavy atom. The van der Waals surface area contributed by atoms with Gasteiger partial charge in [0.2, 0.25) is 11.8 Å². The van der Waals surface area contributed by atoms with Crippen molar-refractivity contribution < 1.29 is 9.59 Å². The van der Waals surface area contributed by atoms with Crippen LogP contribution in [-0.4, -0.2) is 48.8 Å². The molecule has 0 bridgehead atoms. The van der Waals surface area contributed by atoms with Gasteiger partial charge < -0.3 is 15.5 Å². The first-order valence-corrected chi connectivity index (χ1v) is 7.69. The minimum atomic E-state index is -1.03. The molecule has 1 aliphatic rings. The normalized spacial score (nSPS) is 18.6. The lowest BCUT2D eigenvalue weighted by Gasteiger charge is -2.37. The van der Waals surface area contributed by atoms with Crippen molar-refractivity contribution in [3.63, 3.8) is 0 Å². The van der Waals surface area contributed by atoms with Gasteiger partial charge in [-0.15, -0.1) is 0 Å². The van der Waals surface area contributed by atoms with Crippen molar-refractivity contribution in [3.05, 3.63) is 35.9 Å². The third-order valence-electron chi connectivity index (χ3n) is 4.39. The zero-order chi connectivity index (χ0) is 16.3. The summed E-state index contributed by atoms with van der Waals surface area (Å²) in [4.78, 5) is 28.1. The summed E-state index contributed by atoms with van der Waals surface area (Å²) in [6.45, 7) is 2.92. The molecule has 1 aromatic rings. The molecule has 0 saturated carbocycles. The highest BCUT2D eigenvalue weighted by Gasteiger charge is 2.37. The molecule has 2 N–H and O–H groups in total. The maximum absolute atomic E-state index is 12.7. The predicted octanol–water partition coefficient (Wildman–Crippen LogP) is 1.19. The molecule has 1 fully saturated rings. The number of likely N-dealkylation sites (tertiary alicyclic amines) is 1. The van der Waals surface area contributed by atoms with Crippen LogP contribution in [0.15, 0.2) is 30.3 Å². The van der Waals surface area contributed by atoms with Crippen molar-refractivity contribution >= 4 is 11.8 Å². The summed E-state index contributed by atoms with van der Waals surface area (Å²) in [6.07, 6.45) is 1.40. The van der Waals surface area contributed by atoms with Crippen molar-refractivity contribution in [1.29, 1.82) is 0 Å². The van der Waals surface area contributed by atoms with Crippen molar-refractivity contribution in [1.82, 2.24) is 9.80 Å². The number of piperidine rings is 1. The molecule has 1 atom stereocenters. The van der Waals surface area contributed by atoms with E-state index in [4.69, 9.17) is 5.73 Å². The second-order valence-electron chi connectivity index (χ2n) is 6.37. The van der Waals surface area contributed by atoms with Crippen LogP contribution in [0.3, 0.4) is 0 Å². The fourth-order valence-electron chi connectivity index (χ4n) is 2.93. The molecule has 2 rings (SSSR count). The molecule has 0 aliphatic carbocycles. The van der Waals surface area contributed by atoms with Gasteiger partial charge in [0.05, 0.1) is 0 Å². The molecule has 2 amide bonds. The van der Waals surface area contributed by atoms with E-state index in [9.17, 15) is 9.59 Å². The third kappa shape index (κ3) is 3.30. The zero-order valence-corrected chi connectivity index (χ0v) is 13.6. The first-order chi connectivity index (χ1) is 10.3. The molecule has 120 valence electrons. The second-order valence-corrected chi connectivity index (χ2v) is 6.37. The Bertz CT molecular complexity index is 532. The number of hydrogen-bond donors (Lipinski definition) is 1. The van der Waals surface area contributed by atoms with Gasteiger partial charge in [0, 0.05) is 33.1 Å². The van der Waals surface area contributed by atoms with Gasteiger partial charge in [-0.1, -0.05) is 30.3 Å². The van der Waals surface area contributed by atoms with E-state index in [-0.39, 0.29) is 17.7 Å². The Morgan fingerprint density at radius 1 is 1.18 bits per heavy atom. The summed E-state index contributed by atoms with van der Waals surface area (Å²) < 4.78 is 0. The smallest absolute Gasteiger partial charge is 0.246 e. The van der Waals surface area contributed by atoms with E-state index < -0.39 is 5.54 Å². The number of amides is 2. The summed E-state index contributed by atoms with van der Waals surface area (Å²) in [5, 5.41) is 0. The van der Waals surface area contributed by atoms with Crippen LogP contribution in [0.4, 0.5) is 0 Å². The summed E-state index contributed by atoms with van der Waals surface area (Å²) in [6, 6.07) is 9.42. The summed E-state index contributed by atoms with van der Waals surface area (Å²) in [7, 11) is 3.54. The summed E-state index contributed by atoms with van der Waals surface area (Å²) in [5.41, 5.74) is 6.07. The summed E-state index contributed by atoms with van der Waals surface area (Å²) >= 11 is 0. The van der Waals surface area contributed by atoms with Crippen LogP contribution in [0.1, 0.15) is 25.3 Å². The minimum absolute atomic E-state index is 0.0137. The van der Waals surface area contributed by atoms with Crippen molar-refractivity contribution in [3.8, 4) is 0 Å². The maximum Gasteiger partial charge on any atom is 0.246 e. The van der Waals surface area contributed by atoms with Crippen LogP contribution in [0.25, 0.3) is 0 Å². The van der Waals surface area contributed by atoms with E-state index in [1.807, 2.05) is 30.3 Å². The third-order valence-corrected chi connectivity index (χ3v) is 4.39. The van der Waals surface area contributed by atoms with E-state index in [0.29, 0.717) is 25.9 Å². The highest BCUT2D eigenvalue weighted by atomic mass is 16.2. The van der Waals surface area contributed by atoms with Crippen molar-refractivity contribution in [2.75, 3.05) is 27.2 Å². The predicted molar refractivity (Wildman–Crippen MR) is 86.0 cm³/mol. The molecular weight excluding hydrogens is 278 g/mol. The molecular formula is C17H25N3O2. The Labute approximate surface area is 132 Å². The lowest BCUT2D eigenvalue weighted by atomic mass is 9.89. The Kier molecular flexibility index (Phi) is 4.86. The number of hydrogen-bond acceptors (Lipinski definition) is 3. The van der Waals surface area contributed by atoms with E-state index in [1.165, 1.54) is 0 Å². The molecule has 5 heteroatoms. The SMILES string of the molecule is CN(C)C(=O)C1CCN(C(=O)C(C)(N)c2ccccc2)CC1. The van der Waals surface area contributed by atoms with Crippen LogP contribution in [0.5, 0.6) is 0 Å². The van der Waals surface area contributed by atoms with E-state index in [1.54, 1.807) is 30.8 Å². The number of carbonyl (C=O) groups excluding carboxylic acids is 2. The molecule has 1 saturated heterocycles. The average Bonchev–Trinajstić information content (AvgIpc) is 2.54. The van der Waals surface area contributed by atoms with E-state index in [2.05, 4.69) is 0 Å². The van der Waals surface area contributed by atoms with Crippen molar-refractivity contribution in [2.24, 2.45) is 11.7 Å². The largest absolute Gasteiger partial charge is 0.349 e. The van der Waals surface area contributed by atoms with Crippen LogP contribution in [0, 0.1) is 5.92 Å². The fraction of sp³-hybridized carbons (Fsp3) is 0.529. The van der Waals surface area contributed by atoms with Gasteiger partial charge in [-0.25, -0.2) is 0 Å². The van der Waals surface area contributed by atoms with Gasteiger partial charge in [-0.2, -0.15) is 0 Å². The first kappa shape index (κ1) is 16.5. The second kappa shape index (κ2) is 6.48. The summed E-state index contributed by atoms with van der Waals surface area (Å²) in [5.74, 6) is 0.0833. The number of rotatable bonds is 3.